The highest BCUT2D eigenvalue weighted by atomic mass is 35.5. The Hall–Kier alpha value is -3.13. The number of carbonyl (C=O) groups excluding carboxylic acids is 1. The average molecular weight is 542 g/mol. The molecule has 1 aliphatic carbocycles. The molecule has 1 N–H and O–H groups in total. The molecule has 1 unspecified atom stereocenters. The SMILES string of the molecule is COc1ccc(CO)cc1-c1nc2c(n1C(C)C)C(C1=CC=C(Cl)CC1)N(c1cccc(Cl)c1F)C2=O. The lowest BCUT2D eigenvalue weighted by molar-refractivity contribution is 0.0988. The van der Waals surface area contributed by atoms with Crippen molar-refractivity contribution in [2.24, 2.45) is 0 Å². The molecule has 0 fully saturated rings. The molecule has 0 saturated carbocycles. The fraction of sp³-hybridized carbons (Fsp3) is 0.286. The maximum absolute atomic E-state index is 15.3. The zero-order valence-corrected chi connectivity index (χ0v) is 22.1. The van der Waals surface area contributed by atoms with Gasteiger partial charge in [-0.2, -0.15) is 0 Å². The number of rotatable bonds is 6. The second-order valence-electron chi connectivity index (χ2n) is 9.33. The Morgan fingerprint density at radius 1 is 1.19 bits per heavy atom. The van der Waals surface area contributed by atoms with Gasteiger partial charge in [0.1, 0.15) is 17.6 Å². The van der Waals surface area contributed by atoms with E-state index in [1.807, 2.05) is 36.6 Å². The van der Waals surface area contributed by atoms with Crippen LogP contribution in [0.15, 0.2) is 59.2 Å². The third-order valence-electron chi connectivity index (χ3n) is 6.76. The van der Waals surface area contributed by atoms with Crippen molar-refractivity contribution in [2.45, 2.75) is 45.4 Å². The van der Waals surface area contributed by atoms with Crippen LogP contribution in [0.25, 0.3) is 11.4 Å². The standard InChI is InChI=1S/C28H26Cl2FN3O3/c1-15(2)33-26-24(32-27(33)19-13-16(14-35)7-12-22(19)37-3)28(36)34(21-6-4-5-20(30)23(21)31)25(26)17-8-10-18(29)11-9-17/h4-8,10,12-13,15,25,35H,9,11,14H2,1-3H3. The molecule has 1 atom stereocenters. The summed E-state index contributed by atoms with van der Waals surface area (Å²) >= 11 is 12.4. The lowest BCUT2D eigenvalue weighted by atomic mass is 9.95. The Kier molecular flexibility index (Phi) is 6.88. The van der Waals surface area contributed by atoms with Crippen LogP contribution in [0.3, 0.4) is 0 Å². The van der Waals surface area contributed by atoms with Crippen LogP contribution in [0, 0.1) is 5.82 Å². The lowest BCUT2D eigenvalue weighted by Gasteiger charge is -2.31. The number of nitrogens with zero attached hydrogens (tertiary/aromatic N) is 3. The fourth-order valence-electron chi connectivity index (χ4n) is 5.08. The highest BCUT2D eigenvalue weighted by Gasteiger charge is 2.46. The molecule has 37 heavy (non-hydrogen) atoms. The molecular formula is C28H26Cl2FN3O3. The molecule has 1 aliphatic heterocycles. The van der Waals surface area contributed by atoms with E-state index in [1.165, 1.54) is 11.0 Å². The van der Waals surface area contributed by atoms with Gasteiger partial charge in [-0.05, 0) is 68.2 Å². The van der Waals surface area contributed by atoms with Crippen molar-refractivity contribution in [2.75, 3.05) is 12.0 Å². The van der Waals surface area contributed by atoms with Crippen LogP contribution in [0.1, 0.15) is 60.5 Å². The highest BCUT2D eigenvalue weighted by molar-refractivity contribution is 6.31. The number of aromatic nitrogens is 2. The first-order valence-corrected chi connectivity index (χ1v) is 12.7. The van der Waals surface area contributed by atoms with Gasteiger partial charge in [0.2, 0.25) is 0 Å². The van der Waals surface area contributed by atoms with Gasteiger partial charge in [0.05, 0.1) is 35.7 Å². The van der Waals surface area contributed by atoms with Crippen molar-refractivity contribution >= 4 is 34.8 Å². The van der Waals surface area contributed by atoms with Crippen molar-refractivity contribution in [3.05, 3.63) is 86.9 Å². The van der Waals surface area contributed by atoms with Crippen molar-refractivity contribution in [3.8, 4) is 17.1 Å². The topological polar surface area (TPSA) is 67.6 Å². The minimum Gasteiger partial charge on any atom is -0.496 e. The Labute approximate surface area is 224 Å². The van der Waals surface area contributed by atoms with Crippen LogP contribution < -0.4 is 9.64 Å². The van der Waals surface area contributed by atoms with Crippen molar-refractivity contribution in [3.63, 3.8) is 0 Å². The number of methoxy groups -OCH3 is 1. The summed E-state index contributed by atoms with van der Waals surface area (Å²) < 4.78 is 22.9. The van der Waals surface area contributed by atoms with Crippen molar-refractivity contribution in [1.29, 1.82) is 0 Å². The lowest BCUT2D eigenvalue weighted by Crippen LogP contribution is -2.32. The maximum atomic E-state index is 15.3. The number of halogens is 3. The van der Waals surface area contributed by atoms with Crippen LogP contribution in [0.5, 0.6) is 5.75 Å². The highest BCUT2D eigenvalue weighted by Crippen LogP contribution is 2.48. The first kappa shape index (κ1) is 25.5. The van der Waals surface area contributed by atoms with Gasteiger partial charge in [-0.15, -0.1) is 0 Å². The van der Waals surface area contributed by atoms with Crippen LogP contribution in [-0.2, 0) is 6.61 Å². The summed E-state index contributed by atoms with van der Waals surface area (Å²) in [7, 11) is 1.56. The third kappa shape index (κ3) is 4.25. The van der Waals surface area contributed by atoms with E-state index in [9.17, 15) is 9.90 Å². The number of ether oxygens (including phenoxy) is 1. The zero-order valence-electron chi connectivity index (χ0n) is 20.6. The summed E-state index contributed by atoms with van der Waals surface area (Å²) in [6.07, 6.45) is 4.94. The Balaban J connectivity index is 1.79. The number of hydrogen-bond acceptors (Lipinski definition) is 4. The number of allylic oxidation sites excluding steroid dienone is 3. The van der Waals surface area contributed by atoms with Gasteiger partial charge in [0.15, 0.2) is 11.5 Å². The Morgan fingerprint density at radius 3 is 2.62 bits per heavy atom. The zero-order chi connectivity index (χ0) is 26.4. The van der Waals surface area contributed by atoms with Gasteiger partial charge in [-0.25, -0.2) is 9.37 Å². The molecule has 6 nitrogen and oxygen atoms in total. The summed E-state index contributed by atoms with van der Waals surface area (Å²) in [6.45, 7) is 3.86. The normalized spacial score (nSPS) is 17.2. The van der Waals surface area contributed by atoms with E-state index >= 15 is 4.39 Å². The number of hydrogen-bond donors (Lipinski definition) is 1. The number of aliphatic hydroxyl groups is 1. The summed E-state index contributed by atoms with van der Waals surface area (Å²) in [5.74, 6) is 0.0322. The number of aliphatic hydroxyl groups excluding tert-OH is 1. The van der Waals surface area contributed by atoms with E-state index in [-0.39, 0.29) is 29.1 Å². The molecule has 9 heteroatoms. The number of fused-ring (bicyclic) bond motifs is 1. The van der Waals surface area contributed by atoms with Crippen LogP contribution in [-0.4, -0.2) is 27.7 Å². The molecule has 5 rings (SSSR count). The van der Waals surface area contributed by atoms with Gasteiger partial charge >= 0.3 is 0 Å². The number of imidazole rings is 1. The summed E-state index contributed by atoms with van der Waals surface area (Å²) in [6, 6.07) is 9.29. The molecule has 1 aromatic heterocycles. The average Bonchev–Trinajstić information content (AvgIpc) is 3.41. The van der Waals surface area contributed by atoms with Crippen molar-refractivity contribution < 1.29 is 19.0 Å². The van der Waals surface area contributed by atoms with E-state index in [1.54, 1.807) is 31.4 Å². The molecule has 0 radical (unpaired) electrons. The van der Waals surface area contributed by atoms with Gasteiger partial charge in [0.25, 0.3) is 5.91 Å². The maximum Gasteiger partial charge on any atom is 0.279 e. The third-order valence-corrected chi connectivity index (χ3v) is 7.37. The van der Waals surface area contributed by atoms with Crippen LogP contribution in [0.2, 0.25) is 5.02 Å². The smallest absolute Gasteiger partial charge is 0.279 e. The molecule has 3 aromatic rings. The Bertz CT molecular complexity index is 1460. The quantitative estimate of drug-likeness (QED) is 0.366. The van der Waals surface area contributed by atoms with Crippen molar-refractivity contribution in [1.82, 2.24) is 9.55 Å². The molecule has 0 spiro atoms. The summed E-state index contributed by atoms with van der Waals surface area (Å²) in [4.78, 5) is 20.2. The molecule has 1 amide bonds. The summed E-state index contributed by atoms with van der Waals surface area (Å²) in [5.41, 5.74) is 3.27. The van der Waals surface area contributed by atoms with Crippen LogP contribution >= 0.6 is 23.2 Å². The van der Waals surface area contributed by atoms with Crippen LogP contribution in [0.4, 0.5) is 10.1 Å². The minimum atomic E-state index is -0.661. The number of amides is 1. The number of benzene rings is 2. The van der Waals surface area contributed by atoms with E-state index in [0.717, 1.165) is 10.6 Å². The van der Waals surface area contributed by atoms with Gasteiger partial charge in [0, 0.05) is 11.1 Å². The molecular weight excluding hydrogens is 516 g/mol. The van der Waals surface area contributed by atoms with Gasteiger partial charge in [-0.3, -0.25) is 9.69 Å². The predicted octanol–water partition coefficient (Wildman–Crippen LogP) is 6.97. The second-order valence-corrected chi connectivity index (χ2v) is 10.2. The molecule has 2 aliphatic rings. The molecule has 2 aromatic carbocycles. The van der Waals surface area contributed by atoms with E-state index in [0.29, 0.717) is 41.2 Å². The summed E-state index contributed by atoms with van der Waals surface area (Å²) in [5, 5.41) is 10.4. The number of carbonyl (C=O) groups is 1. The largest absolute Gasteiger partial charge is 0.496 e. The van der Waals surface area contributed by atoms with E-state index in [4.69, 9.17) is 32.9 Å². The molecule has 0 saturated heterocycles. The monoisotopic (exact) mass is 541 g/mol. The number of anilines is 1. The van der Waals surface area contributed by atoms with Gasteiger partial charge < -0.3 is 14.4 Å². The predicted molar refractivity (Wildman–Crippen MR) is 143 cm³/mol. The molecule has 0 bridgehead atoms. The minimum absolute atomic E-state index is 0.0628. The van der Waals surface area contributed by atoms with E-state index in [2.05, 4.69) is 0 Å². The Morgan fingerprint density at radius 2 is 1.97 bits per heavy atom. The first-order valence-electron chi connectivity index (χ1n) is 12.0. The van der Waals surface area contributed by atoms with Gasteiger partial charge in [-0.1, -0.05) is 41.4 Å². The van der Waals surface area contributed by atoms with E-state index < -0.39 is 17.8 Å². The molecule has 2 heterocycles. The second kappa shape index (κ2) is 9.97. The fourth-order valence-corrected chi connectivity index (χ4v) is 5.41. The molecule has 192 valence electrons. The first-order chi connectivity index (χ1) is 17.8.